The highest BCUT2D eigenvalue weighted by Crippen LogP contribution is 2.20. The Morgan fingerprint density at radius 3 is 2.81 bits per heavy atom. The fraction of sp³-hybridized carbons (Fsp3) is 0.364. The van der Waals surface area contributed by atoms with E-state index in [0.717, 1.165) is 0 Å². The number of hydrogen-bond acceptors (Lipinski definition) is 2. The molecule has 0 saturated heterocycles. The molecule has 0 atom stereocenters. The summed E-state index contributed by atoms with van der Waals surface area (Å²) in [6.45, 7) is 0.107. The SMILES string of the molecule is COCC(=O)N(C)Cc1c(F)cccc1Cl. The highest BCUT2D eigenvalue weighted by molar-refractivity contribution is 6.31. The van der Waals surface area contributed by atoms with Crippen molar-refractivity contribution in [3.8, 4) is 0 Å². The van der Waals surface area contributed by atoms with Gasteiger partial charge in [0, 0.05) is 31.3 Å². The van der Waals surface area contributed by atoms with Crippen LogP contribution in [0.2, 0.25) is 5.02 Å². The summed E-state index contributed by atoms with van der Waals surface area (Å²) in [6.07, 6.45) is 0. The number of carbonyl (C=O) groups is 1. The number of nitrogens with zero attached hydrogens (tertiary/aromatic N) is 1. The van der Waals surface area contributed by atoms with E-state index in [0.29, 0.717) is 10.6 Å². The van der Waals surface area contributed by atoms with Crippen LogP contribution in [0.25, 0.3) is 0 Å². The maximum atomic E-state index is 13.4. The summed E-state index contributed by atoms with van der Waals surface area (Å²) in [6, 6.07) is 4.43. The van der Waals surface area contributed by atoms with Crippen LogP contribution >= 0.6 is 11.6 Å². The number of benzene rings is 1. The van der Waals surface area contributed by atoms with Crippen molar-refractivity contribution in [2.45, 2.75) is 6.54 Å². The summed E-state index contributed by atoms with van der Waals surface area (Å²) < 4.78 is 18.1. The standard InChI is InChI=1S/C11H13ClFNO2/c1-14(11(15)7-16-2)6-8-9(12)4-3-5-10(8)13/h3-5H,6-7H2,1-2H3. The van der Waals surface area contributed by atoms with Crippen LogP contribution in [0.1, 0.15) is 5.56 Å². The van der Waals surface area contributed by atoms with Gasteiger partial charge in [-0.3, -0.25) is 4.79 Å². The maximum absolute atomic E-state index is 13.4. The Labute approximate surface area is 98.8 Å². The van der Waals surface area contributed by atoms with Crippen LogP contribution in [0.4, 0.5) is 4.39 Å². The number of amides is 1. The highest BCUT2D eigenvalue weighted by atomic mass is 35.5. The van der Waals surface area contributed by atoms with Gasteiger partial charge in [0.05, 0.1) is 0 Å². The lowest BCUT2D eigenvalue weighted by Crippen LogP contribution is -2.29. The lowest BCUT2D eigenvalue weighted by molar-refractivity contribution is -0.134. The third kappa shape index (κ3) is 3.18. The van der Waals surface area contributed by atoms with E-state index < -0.39 is 5.82 Å². The van der Waals surface area contributed by atoms with Gasteiger partial charge in [-0.25, -0.2) is 4.39 Å². The summed E-state index contributed by atoms with van der Waals surface area (Å²) in [4.78, 5) is 12.8. The third-order valence-corrected chi connectivity index (χ3v) is 2.50. The minimum absolute atomic E-state index is 0.0252. The Morgan fingerprint density at radius 1 is 1.56 bits per heavy atom. The van der Waals surface area contributed by atoms with Crippen LogP contribution in [0, 0.1) is 5.82 Å². The van der Waals surface area contributed by atoms with Gasteiger partial charge in [0.25, 0.3) is 0 Å². The molecule has 0 aliphatic heterocycles. The molecule has 0 spiro atoms. The van der Waals surface area contributed by atoms with E-state index >= 15 is 0 Å². The van der Waals surface area contributed by atoms with Crippen molar-refractivity contribution in [1.29, 1.82) is 0 Å². The zero-order valence-corrected chi connectivity index (χ0v) is 9.92. The van der Waals surface area contributed by atoms with Crippen molar-refractivity contribution in [1.82, 2.24) is 4.90 Å². The number of halogens is 2. The second-order valence-electron chi connectivity index (χ2n) is 3.38. The zero-order chi connectivity index (χ0) is 12.1. The molecule has 1 aromatic rings. The van der Waals surface area contributed by atoms with E-state index in [4.69, 9.17) is 16.3 Å². The lowest BCUT2D eigenvalue weighted by atomic mass is 10.2. The minimum atomic E-state index is -0.412. The molecular formula is C11H13ClFNO2. The van der Waals surface area contributed by atoms with Gasteiger partial charge in [-0.05, 0) is 12.1 Å². The predicted molar refractivity (Wildman–Crippen MR) is 59.8 cm³/mol. The molecule has 3 nitrogen and oxygen atoms in total. The first-order valence-corrected chi connectivity index (χ1v) is 5.10. The summed E-state index contributed by atoms with van der Waals surface area (Å²) in [5.41, 5.74) is 0.316. The largest absolute Gasteiger partial charge is 0.375 e. The monoisotopic (exact) mass is 245 g/mol. The molecule has 0 heterocycles. The maximum Gasteiger partial charge on any atom is 0.248 e. The summed E-state index contributed by atoms with van der Waals surface area (Å²) in [5.74, 6) is -0.633. The molecular weight excluding hydrogens is 233 g/mol. The summed E-state index contributed by atoms with van der Waals surface area (Å²) >= 11 is 5.85. The molecule has 0 N–H and O–H groups in total. The smallest absolute Gasteiger partial charge is 0.248 e. The van der Waals surface area contributed by atoms with E-state index in [1.54, 1.807) is 13.1 Å². The fourth-order valence-electron chi connectivity index (χ4n) is 1.24. The molecule has 0 aliphatic carbocycles. The first-order chi connectivity index (χ1) is 7.56. The van der Waals surface area contributed by atoms with Crippen molar-refractivity contribution >= 4 is 17.5 Å². The van der Waals surface area contributed by atoms with Crippen LogP contribution in [-0.4, -0.2) is 31.6 Å². The fourth-order valence-corrected chi connectivity index (χ4v) is 1.47. The molecule has 0 unspecified atom stereocenters. The summed E-state index contributed by atoms with van der Waals surface area (Å²) in [5, 5.41) is 0.317. The molecule has 0 bridgehead atoms. The third-order valence-electron chi connectivity index (χ3n) is 2.15. The van der Waals surface area contributed by atoms with E-state index in [1.165, 1.54) is 24.1 Å². The van der Waals surface area contributed by atoms with Gasteiger partial charge >= 0.3 is 0 Å². The topological polar surface area (TPSA) is 29.5 Å². The average molecular weight is 246 g/mol. The Kier molecular flexibility index (Phi) is 4.71. The van der Waals surface area contributed by atoms with Gasteiger partial charge in [-0.15, -0.1) is 0 Å². The van der Waals surface area contributed by atoms with Gasteiger partial charge in [0.15, 0.2) is 0 Å². The molecule has 0 aromatic heterocycles. The zero-order valence-electron chi connectivity index (χ0n) is 9.17. The van der Waals surface area contributed by atoms with Crippen molar-refractivity contribution in [3.05, 3.63) is 34.6 Å². The molecule has 0 fully saturated rings. The first-order valence-electron chi connectivity index (χ1n) is 4.72. The lowest BCUT2D eigenvalue weighted by Gasteiger charge is -2.17. The molecule has 5 heteroatoms. The number of carbonyl (C=O) groups excluding carboxylic acids is 1. The van der Waals surface area contributed by atoms with Gasteiger partial charge in [0.2, 0.25) is 5.91 Å². The Balaban J connectivity index is 2.76. The highest BCUT2D eigenvalue weighted by Gasteiger charge is 2.13. The number of ether oxygens (including phenoxy) is 1. The minimum Gasteiger partial charge on any atom is -0.375 e. The number of hydrogen-bond donors (Lipinski definition) is 0. The second kappa shape index (κ2) is 5.82. The molecule has 16 heavy (non-hydrogen) atoms. The molecule has 88 valence electrons. The molecule has 0 saturated carbocycles. The number of rotatable bonds is 4. The van der Waals surface area contributed by atoms with Crippen molar-refractivity contribution < 1.29 is 13.9 Å². The normalized spacial score (nSPS) is 10.2. The van der Waals surface area contributed by atoms with Crippen molar-refractivity contribution in [3.63, 3.8) is 0 Å². The molecule has 1 amide bonds. The van der Waals surface area contributed by atoms with Crippen LogP contribution in [0.3, 0.4) is 0 Å². The molecule has 0 radical (unpaired) electrons. The molecule has 0 aliphatic rings. The van der Waals surface area contributed by atoms with E-state index in [1.807, 2.05) is 0 Å². The average Bonchev–Trinajstić information content (AvgIpc) is 2.23. The van der Waals surface area contributed by atoms with Crippen LogP contribution in [-0.2, 0) is 16.1 Å². The molecule has 1 aromatic carbocycles. The van der Waals surface area contributed by atoms with E-state index in [-0.39, 0.29) is 19.1 Å². The quantitative estimate of drug-likeness (QED) is 0.813. The Bertz CT molecular complexity index is 364. The number of methoxy groups -OCH3 is 1. The van der Waals surface area contributed by atoms with Gasteiger partial charge < -0.3 is 9.64 Å². The first kappa shape index (κ1) is 12.9. The van der Waals surface area contributed by atoms with Crippen LogP contribution in [0.15, 0.2) is 18.2 Å². The molecule has 1 rings (SSSR count). The van der Waals surface area contributed by atoms with E-state index in [9.17, 15) is 9.18 Å². The predicted octanol–water partition coefficient (Wildman–Crippen LogP) is 2.08. The Morgan fingerprint density at radius 2 is 2.25 bits per heavy atom. The summed E-state index contributed by atoms with van der Waals surface area (Å²) in [7, 11) is 3.01. The van der Waals surface area contributed by atoms with Crippen LogP contribution < -0.4 is 0 Å². The second-order valence-corrected chi connectivity index (χ2v) is 3.79. The number of likely N-dealkylation sites (N-methyl/N-ethyl adjacent to an activating group) is 1. The van der Waals surface area contributed by atoms with Crippen molar-refractivity contribution in [2.75, 3.05) is 20.8 Å². The van der Waals surface area contributed by atoms with Gasteiger partial charge in [-0.1, -0.05) is 17.7 Å². The van der Waals surface area contributed by atoms with E-state index in [2.05, 4.69) is 0 Å². The van der Waals surface area contributed by atoms with Crippen molar-refractivity contribution in [2.24, 2.45) is 0 Å². The van der Waals surface area contributed by atoms with Gasteiger partial charge in [0.1, 0.15) is 12.4 Å². The Hall–Kier alpha value is -1.13. The van der Waals surface area contributed by atoms with Crippen LogP contribution in [0.5, 0.6) is 0 Å². The van der Waals surface area contributed by atoms with Gasteiger partial charge in [-0.2, -0.15) is 0 Å².